The molecule has 4 rings (SSSR count). The van der Waals surface area contributed by atoms with E-state index in [4.69, 9.17) is 0 Å². The molecule has 192 valence electrons. The van der Waals surface area contributed by atoms with Gasteiger partial charge in [0.05, 0.1) is 17.6 Å². The van der Waals surface area contributed by atoms with Gasteiger partial charge in [0.15, 0.2) is 0 Å². The molecule has 2 heterocycles. The summed E-state index contributed by atoms with van der Waals surface area (Å²) in [6.45, 7) is 13.2. The molecule has 2 aromatic carbocycles. The summed E-state index contributed by atoms with van der Waals surface area (Å²) in [5.74, 6) is -0.465. The molecule has 0 spiro atoms. The first-order valence-electron chi connectivity index (χ1n) is 12.0. The van der Waals surface area contributed by atoms with Crippen molar-refractivity contribution in [2.75, 3.05) is 31.5 Å². The molecule has 0 radical (unpaired) electrons. The molecule has 6 nitrogen and oxygen atoms in total. The number of piperazine rings is 1. The van der Waals surface area contributed by atoms with Gasteiger partial charge in [0, 0.05) is 61.4 Å². The molecule has 1 N–H and O–H groups in total. The van der Waals surface area contributed by atoms with Crippen molar-refractivity contribution < 1.29 is 18.0 Å². The van der Waals surface area contributed by atoms with Crippen molar-refractivity contribution in [2.45, 2.75) is 46.0 Å². The van der Waals surface area contributed by atoms with Crippen molar-refractivity contribution in [3.05, 3.63) is 77.4 Å². The van der Waals surface area contributed by atoms with E-state index in [-0.39, 0.29) is 16.9 Å². The van der Waals surface area contributed by atoms with Gasteiger partial charge in [0.1, 0.15) is 0 Å². The number of carbonyl (C=O) groups excluding carboxylic acids is 1. The van der Waals surface area contributed by atoms with Crippen LogP contribution < -0.4 is 5.32 Å². The highest BCUT2D eigenvalue weighted by molar-refractivity contribution is 6.04. The van der Waals surface area contributed by atoms with E-state index in [9.17, 15) is 18.0 Å². The zero-order chi connectivity index (χ0) is 26.1. The lowest BCUT2D eigenvalue weighted by Gasteiger charge is -2.42. The maximum absolute atomic E-state index is 13.5. The number of carbonyl (C=O) groups is 1. The fourth-order valence-electron chi connectivity index (χ4n) is 4.36. The Morgan fingerprint density at radius 3 is 2.22 bits per heavy atom. The van der Waals surface area contributed by atoms with E-state index >= 15 is 0 Å². The molecule has 1 aromatic heterocycles. The van der Waals surface area contributed by atoms with Crippen molar-refractivity contribution in [1.82, 2.24) is 19.4 Å². The third-order valence-electron chi connectivity index (χ3n) is 6.46. The monoisotopic (exact) mass is 499 g/mol. The summed E-state index contributed by atoms with van der Waals surface area (Å²) >= 11 is 0. The first-order valence-corrected chi connectivity index (χ1v) is 12.0. The van der Waals surface area contributed by atoms with Crippen LogP contribution in [0.1, 0.15) is 48.0 Å². The van der Waals surface area contributed by atoms with Crippen LogP contribution in [0.25, 0.3) is 5.69 Å². The molecule has 9 heteroatoms. The van der Waals surface area contributed by atoms with Crippen LogP contribution in [-0.2, 0) is 12.7 Å². The maximum Gasteiger partial charge on any atom is 0.416 e. The minimum Gasteiger partial charge on any atom is -0.322 e. The summed E-state index contributed by atoms with van der Waals surface area (Å²) < 4.78 is 42.0. The molecule has 1 saturated heterocycles. The molecule has 1 aliphatic rings. The van der Waals surface area contributed by atoms with Gasteiger partial charge in [-0.25, -0.2) is 4.98 Å². The Kier molecular flexibility index (Phi) is 7.24. The number of imidazole rings is 1. The molecule has 0 atom stereocenters. The van der Waals surface area contributed by atoms with E-state index in [0.717, 1.165) is 50.4 Å². The number of anilines is 1. The topological polar surface area (TPSA) is 53.4 Å². The van der Waals surface area contributed by atoms with Gasteiger partial charge in [-0.3, -0.25) is 14.6 Å². The molecule has 1 amide bonds. The van der Waals surface area contributed by atoms with Crippen LogP contribution in [-0.4, -0.2) is 57.0 Å². The molecule has 36 heavy (non-hydrogen) atoms. The van der Waals surface area contributed by atoms with E-state index < -0.39 is 17.6 Å². The third kappa shape index (κ3) is 6.33. The Labute approximate surface area is 209 Å². The summed E-state index contributed by atoms with van der Waals surface area (Å²) in [5, 5.41) is 2.62. The molecule has 0 saturated carbocycles. The summed E-state index contributed by atoms with van der Waals surface area (Å²) in [4.78, 5) is 21.8. The number of alkyl halides is 3. The summed E-state index contributed by atoms with van der Waals surface area (Å²) in [5.41, 5.74) is 1.80. The Morgan fingerprint density at radius 2 is 1.67 bits per heavy atom. The molecule has 3 aromatic rings. The van der Waals surface area contributed by atoms with Crippen LogP contribution in [0, 0.1) is 6.92 Å². The number of hydrogen-bond donors (Lipinski definition) is 1. The lowest BCUT2D eigenvalue weighted by atomic mass is 10.0. The second-order valence-corrected chi connectivity index (χ2v) is 10.3. The van der Waals surface area contributed by atoms with E-state index in [2.05, 4.69) is 40.9 Å². The van der Waals surface area contributed by atoms with Crippen molar-refractivity contribution in [3.63, 3.8) is 0 Å². The smallest absolute Gasteiger partial charge is 0.322 e. The van der Waals surface area contributed by atoms with Crippen LogP contribution in [0.5, 0.6) is 0 Å². The van der Waals surface area contributed by atoms with E-state index in [1.54, 1.807) is 25.3 Å². The van der Waals surface area contributed by atoms with Gasteiger partial charge in [-0.15, -0.1) is 0 Å². The first kappa shape index (κ1) is 25.9. The number of rotatable bonds is 5. The SMILES string of the molecule is Cc1cn(-c2cc(NC(=O)c3ccc(CN4CCN(C(C)(C)C)CC4)cc3)cc(C(F)(F)F)c2)cn1. The number of aromatic nitrogens is 2. The zero-order valence-corrected chi connectivity index (χ0v) is 21.1. The Hall–Kier alpha value is -3.17. The molecule has 1 aliphatic heterocycles. The van der Waals surface area contributed by atoms with Gasteiger partial charge in [-0.2, -0.15) is 13.2 Å². The molecular formula is C27H32F3N5O. The fourth-order valence-corrected chi connectivity index (χ4v) is 4.36. The normalized spacial score (nSPS) is 15.8. The van der Waals surface area contributed by atoms with Gasteiger partial charge in [-0.1, -0.05) is 12.1 Å². The average molecular weight is 500 g/mol. The van der Waals surface area contributed by atoms with Crippen LogP contribution in [0.4, 0.5) is 18.9 Å². The lowest BCUT2D eigenvalue weighted by molar-refractivity contribution is -0.137. The lowest BCUT2D eigenvalue weighted by Crippen LogP contribution is -2.53. The van der Waals surface area contributed by atoms with Crippen molar-refractivity contribution in [3.8, 4) is 5.69 Å². The number of amides is 1. The van der Waals surface area contributed by atoms with Gasteiger partial charge >= 0.3 is 6.18 Å². The van der Waals surface area contributed by atoms with Crippen LogP contribution in [0.2, 0.25) is 0 Å². The predicted molar refractivity (Wildman–Crippen MR) is 134 cm³/mol. The number of nitrogens with zero attached hydrogens (tertiary/aromatic N) is 4. The number of hydrogen-bond acceptors (Lipinski definition) is 4. The highest BCUT2D eigenvalue weighted by atomic mass is 19.4. The predicted octanol–water partition coefficient (Wildman–Crippen LogP) is 5.37. The van der Waals surface area contributed by atoms with Crippen molar-refractivity contribution >= 4 is 11.6 Å². The fraction of sp³-hybridized carbons (Fsp3) is 0.407. The molecular weight excluding hydrogens is 467 g/mol. The Bertz CT molecular complexity index is 1200. The van der Waals surface area contributed by atoms with Gasteiger partial charge < -0.3 is 9.88 Å². The second-order valence-electron chi connectivity index (χ2n) is 10.3. The Balaban J connectivity index is 1.43. The highest BCUT2D eigenvalue weighted by Gasteiger charge is 2.31. The number of nitrogens with one attached hydrogen (secondary N) is 1. The van der Waals surface area contributed by atoms with Gasteiger partial charge in [-0.05, 0) is 63.6 Å². The van der Waals surface area contributed by atoms with E-state index in [0.29, 0.717) is 11.3 Å². The third-order valence-corrected chi connectivity index (χ3v) is 6.46. The molecule has 1 fully saturated rings. The summed E-state index contributed by atoms with van der Waals surface area (Å²) in [7, 11) is 0. The number of halogens is 3. The summed E-state index contributed by atoms with van der Waals surface area (Å²) in [6.07, 6.45) is -1.48. The van der Waals surface area contributed by atoms with E-state index in [1.807, 2.05) is 12.1 Å². The number of benzene rings is 2. The van der Waals surface area contributed by atoms with Crippen LogP contribution >= 0.6 is 0 Å². The maximum atomic E-state index is 13.5. The largest absolute Gasteiger partial charge is 0.416 e. The standard InChI is InChI=1S/C27H32F3N5O/c1-19-16-34(18-31-19)24-14-22(27(28,29)30)13-23(15-24)32-25(36)21-7-5-20(6-8-21)17-33-9-11-35(12-10-33)26(2,3)4/h5-8,13-16,18H,9-12,17H2,1-4H3,(H,32,36). The van der Waals surface area contributed by atoms with Gasteiger partial charge in [0.25, 0.3) is 5.91 Å². The second kappa shape index (κ2) is 10.1. The first-order chi connectivity index (χ1) is 16.9. The molecule has 0 unspecified atom stereocenters. The zero-order valence-electron chi connectivity index (χ0n) is 21.1. The van der Waals surface area contributed by atoms with Crippen molar-refractivity contribution in [1.29, 1.82) is 0 Å². The quantitative estimate of drug-likeness (QED) is 0.513. The minimum atomic E-state index is -4.55. The summed E-state index contributed by atoms with van der Waals surface area (Å²) in [6, 6.07) is 10.7. The highest BCUT2D eigenvalue weighted by Crippen LogP contribution is 2.33. The molecule has 0 aliphatic carbocycles. The number of aryl methyl sites for hydroxylation is 1. The van der Waals surface area contributed by atoms with Gasteiger partial charge in [0.2, 0.25) is 0 Å². The Morgan fingerprint density at radius 1 is 1.00 bits per heavy atom. The minimum absolute atomic E-state index is 0.0666. The molecule has 0 bridgehead atoms. The van der Waals surface area contributed by atoms with Crippen LogP contribution in [0.3, 0.4) is 0 Å². The van der Waals surface area contributed by atoms with Crippen LogP contribution in [0.15, 0.2) is 55.0 Å². The average Bonchev–Trinajstić information content (AvgIpc) is 3.25. The van der Waals surface area contributed by atoms with E-state index in [1.165, 1.54) is 17.0 Å². The van der Waals surface area contributed by atoms with Crippen molar-refractivity contribution in [2.24, 2.45) is 0 Å².